The zero-order chi connectivity index (χ0) is 10.6. The maximum atomic E-state index is 10.5. The highest BCUT2D eigenvalue weighted by atomic mass is 16.4. The van der Waals surface area contributed by atoms with Gasteiger partial charge >= 0.3 is 5.97 Å². The van der Waals surface area contributed by atoms with Crippen LogP contribution in [0.25, 0.3) is 0 Å². The summed E-state index contributed by atoms with van der Waals surface area (Å²) in [7, 11) is 0. The van der Waals surface area contributed by atoms with E-state index in [1.54, 1.807) is 0 Å². The number of carboxylic acids is 1. The van der Waals surface area contributed by atoms with Gasteiger partial charge in [0, 0.05) is 0 Å². The van der Waals surface area contributed by atoms with E-state index in [1.165, 1.54) is 0 Å². The summed E-state index contributed by atoms with van der Waals surface area (Å²) in [4.78, 5) is 10.5. The lowest BCUT2D eigenvalue weighted by Gasteiger charge is -2.27. The number of nitrogens with one attached hydrogen (secondary N) is 1. The van der Waals surface area contributed by atoms with Crippen molar-refractivity contribution in [2.75, 3.05) is 13.1 Å². The van der Waals surface area contributed by atoms with E-state index >= 15 is 0 Å². The van der Waals surface area contributed by atoms with Crippen molar-refractivity contribution in [2.24, 2.45) is 11.7 Å². The third kappa shape index (κ3) is 3.25. The second-order valence-corrected chi connectivity index (χ2v) is 3.84. The first kappa shape index (κ1) is 11.4. The third-order valence-electron chi connectivity index (χ3n) is 2.74. The summed E-state index contributed by atoms with van der Waals surface area (Å²) >= 11 is 0. The molecule has 0 saturated carbocycles. The first-order chi connectivity index (χ1) is 6.61. The first-order valence-corrected chi connectivity index (χ1v) is 4.98. The van der Waals surface area contributed by atoms with Gasteiger partial charge in [-0.3, -0.25) is 4.79 Å². The number of aliphatic hydroxyl groups excluding tert-OH is 1. The van der Waals surface area contributed by atoms with E-state index in [9.17, 15) is 9.90 Å². The summed E-state index contributed by atoms with van der Waals surface area (Å²) in [6.07, 6.45) is 1.37. The summed E-state index contributed by atoms with van der Waals surface area (Å²) in [6.45, 7) is 1.79. The van der Waals surface area contributed by atoms with Crippen LogP contribution in [0.5, 0.6) is 0 Å². The van der Waals surface area contributed by atoms with Gasteiger partial charge in [-0.15, -0.1) is 0 Å². The maximum Gasteiger partial charge on any atom is 0.320 e. The molecule has 0 spiro atoms. The van der Waals surface area contributed by atoms with Crippen LogP contribution in [0, 0.1) is 5.92 Å². The molecule has 5 N–H and O–H groups in total. The second kappa shape index (κ2) is 5.29. The Morgan fingerprint density at radius 2 is 2.07 bits per heavy atom. The molecule has 1 saturated heterocycles. The van der Waals surface area contributed by atoms with Crippen molar-refractivity contribution in [3.05, 3.63) is 0 Å². The molecule has 5 heteroatoms. The van der Waals surface area contributed by atoms with E-state index in [0.717, 1.165) is 25.9 Å². The molecular weight excluding hydrogens is 184 g/mol. The van der Waals surface area contributed by atoms with Crippen molar-refractivity contribution in [2.45, 2.75) is 31.4 Å². The number of hydrogen-bond donors (Lipinski definition) is 4. The highest BCUT2D eigenvalue weighted by molar-refractivity contribution is 5.73. The summed E-state index contributed by atoms with van der Waals surface area (Å²) < 4.78 is 0. The van der Waals surface area contributed by atoms with Crippen LogP contribution in [0.4, 0.5) is 0 Å². The van der Waals surface area contributed by atoms with Crippen LogP contribution < -0.4 is 11.1 Å². The lowest BCUT2D eigenvalue weighted by Crippen LogP contribution is -2.40. The average molecular weight is 202 g/mol. The van der Waals surface area contributed by atoms with E-state index in [2.05, 4.69) is 5.32 Å². The molecule has 0 bridgehead atoms. The number of hydrogen-bond acceptors (Lipinski definition) is 4. The summed E-state index contributed by atoms with van der Waals surface area (Å²) in [5, 5.41) is 21.5. The Labute approximate surface area is 83.3 Å². The fourth-order valence-corrected chi connectivity index (χ4v) is 1.78. The minimum Gasteiger partial charge on any atom is -0.480 e. The number of nitrogens with two attached hydrogens (primary N) is 1. The highest BCUT2D eigenvalue weighted by Crippen LogP contribution is 2.19. The van der Waals surface area contributed by atoms with Crippen molar-refractivity contribution >= 4 is 5.97 Å². The van der Waals surface area contributed by atoms with Crippen LogP contribution >= 0.6 is 0 Å². The Kier molecular flexibility index (Phi) is 4.31. The SMILES string of the molecule is NC(CC(O)C1CCNCC1)C(=O)O. The Morgan fingerprint density at radius 1 is 1.50 bits per heavy atom. The van der Waals surface area contributed by atoms with Gasteiger partial charge in [-0.05, 0) is 38.3 Å². The van der Waals surface area contributed by atoms with Gasteiger partial charge in [0.15, 0.2) is 0 Å². The van der Waals surface area contributed by atoms with Crippen molar-refractivity contribution in [1.82, 2.24) is 5.32 Å². The van der Waals surface area contributed by atoms with Crippen LogP contribution in [0.2, 0.25) is 0 Å². The molecule has 1 aliphatic heterocycles. The third-order valence-corrected chi connectivity index (χ3v) is 2.74. The van der Waals surface area contributed by atoms with Crippen molar-refractivity contribution in [3.63, 3.8) is 0 Å². The van der Waals surface area contributed by atoms with Gasteiger partial charge in [-0.1, -0.05) is 0 Å². The summed E-state index contributed by atoms with van der Waals surface area (Å²) in [5.74, 6) is -0.848. The van der Waals surface area contributed by atoms with Gasteiger partial charge in [0.25, 0.3) is 0 Å². The number of rotatable bonds is 4. The fourth-order valence-electron chi connectivity index (χ4n) is 1.78. The molecule has 0 aromatic carbocycles. The Balaban J connectivity index is 2.32. The summed E-state index contributed by atoms with van der Waals surface area (Å²) in [6, 6.07) is -0.945. The van der Waals surface area contributed by atoms with Gasteiger partial charge in [0.1, 0.15) is 6.04 Å². The minimum atomic E-state index is -1.04. The van der Waals surface area contributed by atoms with Gasteiger partial charge in [-0.25, -0.2) is 0 Å². The molecule has 82 valence electrons. The van der Waals surface area contributed by atoms with Crippen molar-refractivity contribution < 1.29 is 15.0 Å². The molecule has 0 radical (unpaired) electrons. The average Bonchev–Trinajstić information content (AvgIpc) is 2.19. The van der Waals surface area contributed by atoms with Gasteiger partial charge in [-0.2, -0.15) is 0 Å². The molecule has 14 heavy (non-hydrogen) atoms. The van der Waals surface area contributed by atoms with E-state index in [1.807, 2.05) is 0 Å². The van der Waals surface area contributed by atoms with Gasteiger partial charge < -0.3 is 21.3 Å². The molecule has 0 aromatic heterocycles. The highest BCUT2D eigenvalue weighted by Gasteiger charge is 2.25. The van der Waals surface area contributed by atoms with E-state index in [4.69, 9.17) is 10.8 Å². The van der Waals surface area contributed by atoms with Crippen LogP contribution in [0.3, 0.4) is 0 Å². The largest absolute Gasteiger partial charge is 0.480 e. The van der Waals surface area contributed by atoms with Crippen LogP contribution in [0.15, 0.2) is 0 Å². The zero-order valence-electron chi connectivity index (χ0n) is 8.15. The predicted molar refractivity (Wildman–Crippen MR) is 51.8 cm³/mol. The number of aliphatic carboxylic acids is 1. The predicted octanol–water partition coefficient (Wildman–Crippen LogP) is -0.851. The van der Waals surface area contributed by atoms with E-state index in [0.29, 0.717) is 0 Å². The first-order valence-electron chi connectivity index (χ1n) is 4.98. The maximum absolute atomic E-state index is 10.5. The molecule has 1 fully saturated rings. The molecule has 2 unspecified atom stereocenters. The number of carboxylic acid groups (broad SMARTS) is 1. The standard InChI is InChI=1S/C9H18N2O3/c10-7(9(13)14)5-8(12)6-1-3-11-4-2-6/h6-8,11-12H,1-5,10H2,(H,13,14). The molecule has 1 rings (SSSR count). The smallest absolute Gasteiger partial charge is 0.320 e. The van der Waals surface area contributed by atoms with Gasteiger partial charge in [0.2, 0.25) is 0 Å². The molecule has 1 aliphatic rings. The molecule has 0 aromatic rings. The van der Waals surface area contributed by atoms with Crippen LogP contribution in [-0.2, 0) is 4.79 Å². The molecule has 1 heterocycles. The molecule has 0 amide bonds. The molecule has 0 aliphatic carbocycles. The Morgan fingerprint density at radius 3 is 2.57 bits per heavy atom. The Hall–Kier alpha value is -0.650. The lowest BCUT2D eigenvalue weighted by molar-refractivity contribution is -0.139. The summed E-state index contributed by atoms with van der Waals surface area (Å²) in [5.41, 5.74) is 5.35. The van der Waals surface area contributed by atoms with Crippen LogP contribution in [-0.4, -0.2) is 41.4 Å². The minimum absolute atomic E-state index is 0.153. The van der Waals surface area contributed by atoms with Crippen LogP contribution in [0.1, 0.15) is 19.3 Å². The van der Waals surface area contributed by atoms with E-state index < -0.39 is 18.1 Å². The lowest BCUT2D eigenvalue weighted by atomic mass is 9.89. The zero-order valence-corrected chi connectivity index (χ0v) is 8.15. The van der Waals surface area contributed by atoms with Crippen molar-refractivity contribution in [3.8, 4) is 0 Å². The topological polar surface area (TPSA) is 95.6 Å². The molecule has 5 nitrogen and oxygen atoms in total. The number of piperidine rings is 1. The normalized spacial score (nSPS) is 23.0. The molecular formula is C9H18N2O3. The number of aliphatic hydroxyl groups is 1. The quantitative estimate of drug-likeness (QED) is 0.476. The Bertz CT molecular complexity index is 192. The van der Waals surface area contributed by atoms with E-state index in [-0.39, 0.29) is 12.3 Å². The van der Waals surface area contributed by atoms with Crippen molar-refractivity contribution in [1.29, 1.82) is 0 Å². The monoisotopic (exact) mass is 202 g/mol. The fraction of sp³-hybridized carbons (Fsp3) is 0.889. The molecule has 2 atom stereocenters. The van der Waals surface area contributed by atoms with Gasteiger partial charge in [0.05, 0.1) is 6.10 Å². The number of carbonyl (C=O) groups is 1. The second-order valence-electron chi connectivity index (χ2n) is 3.84.